The molecule has 4 rings (SSSR count). The van der Waals surface area contributed by atoms with Crippen LogP contribution in [0.25, 0.3) is 0 Å². The predicted octanol–water partition coefficient (Wildman–Crippen LogP) is 2.58. The molecule has 2 aromatic rings. The maximum Gasteiger partial charge on any atom is 0.255 e. The van der Waals surface area contributed by atoms with Gasteiger partial charge in [-0.1, -0.05) is 11.6 Å². The number of carbonyl (C=O) groups excluding carboxylic acids is 1. The quantitative estimate of drug-likeness (QED) is 0.799. The van der Waals surface area contributed by atoms with Crippen molar-refractivity contribution in [1.82, 2.24) is 14.9 Å². The van der Waals surface area contributed by atoms with Gasteiger partial charge < -0.3 is 19.8 Å². The van der Waals surface area contributed by atoms with Crippen LogP contribution in [0.4, 0.5) is 16.0 Å². The molecule has 7 nitrogen and oxygen atoms in total. The molecule has 0 aliphatic carbocycles. The van der Waals surface area contributed by atoms with Gasteiger partial charge >= 0.3 is 0 Å². The lowest BCUT2D eigenvalue weighted by Crippen LogP contribution is -2.49. The molecule has 1 aromatic carbocycles. The number of carbonyl (C=O) groups is 1. The van der Waals surface area contributed by atoms with Crippen LogP contribution in [0.3, 0.4) is 0 Å². The van der Waals surface area contributed by atoms with Gasteiger partial charge in [-0.15, -0.1) is 0 Å². The van der Waals surface area contributed by atoms with Crippen molar-refractivity contribution < 1.29 is 14.3 Å². The van der Waals surface area contributed by atoms with Gasteiger partial charge in [-0.25, -0.2) is 14.4 Å². The Kier molecular flexibility index (Phi) is 6.34. The third-order valence-electron chi connectivity index (χ3n) is 5.82. The smallest absolute Gasteiger partial charge is 0.255 e. The fraction of sp³-hybridized carbons (Fsp3) is 0.476. The second-order valence-electron chi connectivity index (χ2n) is 7.66. The highest BCUT2D eigenvalue weighted by Gasteiger charge is 2.26. The summed E-state index contributed by atoms with van der Waals surface area (Å²) in [4.78, 5) is 27.6. The average Bonchev–Trinajstić information content (AvgIpc) is 2.79. The number of piperazine rings is 1. The Morgan fingerprint density at radius 1 is 1.10 bits per heavy atom. The molecule has 30 heavy (non-hydrogen) atoms. The van der Waals surface area contributed by atoms with Crippen molar-refractivity contribution in [2.75, 3.05) is 49.1 Å². The molecule has 2 aliphatic heterocycles. The van der Waals surface area contributed by atoms with Gasteiger partial charge in [0.2, 0.25) is 0 Å². The van der Waals surface area contributed by atoms with E-state index in [1.807, 2.05) is 6.07 Å². The van der Waals surface area contributed by atoms with Crippen LogP contribution in [-0.2, 0) is 0 Å². The van der Waals surface area contributed by atoms with Gasteiger partial charge in [-0.3, -0.25) is 4.79 Å². The Morgan fingerprint density at radius 3 is 2.60 bits per heavy atom. The van der Waals surface area contributed by atoms with Crippen molar-refractivity contribution >= 4 is 29.1 Å². The molecular weight excluding hydrogens is 409 g/mol. The van der Waals surface area contributed by atoms with Crippen LogP contribution in [0, 0.1) is 5.82 Å². The van der Waals surface area contributed by atoms with Crippen molar-refractivity contribution in [2.45, 2.75) is 25.3 Å². The number of amides is 1. The molecule has 160 valence electrons. The molecule has 1 N–H and O–H groups in total. The van der Waals surface area contributed by atoms with E-state index in [0.29, 0.717) is 31.7 Å². The maximum absolute atomic E-state index is 13.3. The number of anilines is 2. The third kappa shape index (κ3) is 4.34. The highest BCUT2D eigenvalue weighted by molar-refractivity contribution is 6.33. The molecular formula is C21H25ClFN5O2. The number of aliphatic hydroxyl groups excluding tert-OH is 1. The topological polar surface area (TPSA) is 72.8 Å². The molecule has 1 aromatic heterocycles. The van der Waals surface area contributed by atoms with Gasteiger partial charge in [-0.05, 0) is 37.5 Å². The van der Waals surface area contributed by atoms with E-state index in [4.69, 9.17) is 11.6 Å². The second-order valence-corrected chi connectivity index (χ2v) is 8.07. The van der Waals surface area contributed by atoms with Gasteiger partial charge in [-0.2, -0.15) is 0 Å². The number of aliphatic hydroxyl groups is 1. The Hall–Kier alpha value is -2.45. The molecule has 1 amide bonds. The molecule has 1 atom stereocenters. The lowest BCUT2D eigenvalue weighted by atomic mass is 10.0. The first-order chi connectivity index (χ1) is 14.6. The van der Waals surface area contributed by atoms with E-state index >= 15 is 0 Å². The van der Waals surface area contributed by atoms with Crippen LogP contribution in [0.15, 0.2) is 30.6 Å². The summed E-state index contributed by atoms with van der Waals surface area (Å²) in [6, 6.07) is 5.89. The third-order valence-corrected chi connectivity index (χ3v) is 6.14. The predicted molar refractivity (Wildman–Crippen MR) is 114 cm³/mol. The molecule has 2 aliphatic rings. The minimum absolute atomic E-state index is 0.0939. The highest BCUT2D eigenvalue weighted by atomic mass is 35.5. The van der Waals surface area contributed by atoms with E-state index < -0.39 is 5.82 Å². The van der Waals surface area contributed by atoms with Crippen molar-refractivity contribution in [3.05, 3.63) is 47.0 Å². The van der Waals surface area contributed by atoms with E-state index in [0.717, 1.165) is 43.5 Å². The van der Waals surface area contributed by atoms with Gasteiger partial charge in [0, 0.05) is 38.8 Å². The van der Waals surface area contributed by atoms with Crippen molar-refractivity contribution in [3.8, 4) is 0 Å². The zero-order valence-electron chi connectivity index (χ0n) is 16.7. The maximum atomic E-state index is 13.3. The van der Waals surface area contributed by atoms with Gasteiger partial charge in [0.1, 0.15) is 23.8 Å². The molecule has 2 saturated heterocycles. The molecule has 0 saturated carbocycles. The minimum Gasteiger partial charge on any atom is -0.394 e. The van der Waals surface area contributed by atoms with E-state index in [9.17, 15) is 14.3 Å². The summed E-state index contributed by atoms with van der Waals surface area (Å²) < 4.78 is 13.3. The number of hydrogen-bond donors (Lipinski definition) is 1. The molecule has 0 spiro atoms. The van der Waals surface area contributed by atoms with Gasteiger partial charge in [0.25, 0.3) is 5.91 Å². The SMILES string of the molecule is O=C(c1ccc(F)cc1Cl)N1CCN(c2cc(N3CCCCC3CO)ncn2)CC1. The van der Waals surface area contributed by atoms with Crippen molar-refractivity contribution in [3.63, 3.8) is 0 Å². The Labute approximate surface area is 180 Å². The van der Waals surface area contributed by atoms with E-state index in [1.165, 1.54) is 12.1 Å². The van der Waals surface area contributed by atoms with Crippen LogP contribution in [0.5, 0.6) is 0 Å². The first-order valence-electron chi connectivity index (χ1n) is 10.3. The molecule has 0 bridgehead atoms. The van der Waals surface area contributed by atoms with E-state index in [2.05, 4.69) is 19.8 Å². The van der Waals surface area contributed by atoms with Crippen LogP contribution in [0.2, 0.25) is 5.02 Å². The number of aromatic nitrogens is 2. The van der Waals surface area contributed by atoms with Gasteiger partial charge in [0.15, 0.2) is 0 Å². The second kappa shape index (κ2) is 9.14. The van der Waals surface area contributed by atoms with E-state index in [-0.39, 0.29) is 23.6 Å². The first kappa shape index (κ1) is 20.8. The van der Waals surface area contributed by atoms with Crippen LogP contribution >= 0.6 is 11.6 Å². The lowest BCUT2D eigenvalue weighted by Gasteiger charge is -2.37. The van der Waals surface area contributed by atoms with Crippen molar-refractivity contribution in [2.24, 2.45) is 0 Å². The normalized spacial score (nSPS) is 19.8. The number of hydrogen-bond acceptors (Lipinski definition) is 6. The summed E-state index contributed by atoms with van der Waals surface area (Å²) in [6.45, 7) is 3.30. The molecule has 1 unspecified atom stereocenters. The highest BCUT2D eigenvalue weighted by Crippen LogP contribution is 2.26. The largest absolute Gasteiger partial charge is 0.394 e. The number of benzene rings is 1. The molecule has 2 fully saturated rings. The molecule has 3 heterocycles. The van der Waals surface area contributed by atoms with Gasteiger partial charge in [0.05, 0.1) is 23.2 Å². The summed E-state index contributed by atoms with van der Waals surface area (Å²) in [5.41, 5.74) is 0.316. The fourth-order valence-electron chi connectivity index (χ4n) is 4.13. The fourth-order valence-corrected chi connectivity index (χ4v) is 4.38. The Bertz CT molecular complexity index is 907. The number of nitrogens with zero attached hydrogens (tertiary/aromatic N) is 5. The molecule has 9 heteroatoms. The van der Waals surface area contributed by atoms with Crippen LogP contribution in [0.1, 0.15) is 29.6 Å². The standard InChI is InChI=1S/C21H25ClFN5O2/c22-18-11-15(23)4-5-17(18)21(30)27-9-7-26(8-10-27)19-12-20(25-14-24-19)28-6-2-1-3-16(28)13-29/h4-5,11-12,14,16,29H,1-3,6-10,13H2. The number of rotatable bonds is 4. The monoisotopic (exact) mass is 433 g/mol. The minimum atomic E-state index is -0.460. The lowest BCUT2D eigenvalue weighted by molar-refractivity contribution is 0.0746. The molecule has 0 radical (unpaired) electrons. The summed E-state index contributed by atoms with van der Waals surface area (Å²) in [5, 5.41) is 9.82. The van der Waals surface area contributed by atoms with Crippen molar-refractivity contribution in [1.29, 1.82) is 0 Å². The number of halogens is 2. The number of piperidine rings is 1. The zero-order valence-corrected chi connectivity index (χ0v) is 17.4. The summed E-state index contributed by atoms with van der Waals surface area (Å²) in [6.07, 6.45) is 4.72. The summed E-state index contributed by atoms with van der Waals surface area (Å²) in [5.74, 6) is 0.990. The Morgan fingerprint density at radius 2 is 1.87 bits per heavy atom. The summed E-state index contributed by atoms with van der Waals surface area (Å²) in [7, 11) is 0. The van der Waals surface area contributed by atoms with Crippen LogP contribution < -0.4 is 9.80 Å². The average molecular weight is 434 g/mol. The van der Waals surface area contributed by atoms with E-state index in [1.54, 1.807) is 11.2 Å². The summed E-state index contributed by atoms with van der Waals surface area (Å²) >= 11 is 6.05. The Balaban J connectivity index is 1.42. The zero-order chi connectivity index (χ0) is 21.1. The first-order valence-corrected chi connectivity index (χ1v) is 10.6. The van der Waals surface area contributed by atoms with Crippen LogP contribution in [-0.4, -0.2) is 71.3 Å².